The van der Waals surface area contributed by atoms with Crippen molar-refractivity contribution in [1.29, 1.82) is 0 Å². The molecule has 1 fully saturated rings. The van der Waals surface area contributed by atoms with Crippen LogP contribution in [0.5, 0.6) is 0 Å². The number of aromatic nitrogens is 6. The third-order valence-electron chi connectivity index (χ3n) is 7.42. The minimum Gasteiger partial charge on any atom is -0.372 e. The molecule has 2 aromatic carbocycles. The number of amides is 1. The molecule has 4 aromatic rings. The Morgan fingerprint density at radius 2 is 1.89 bits per heavy atom. The zero-order valence-corrected chi connectivity index (χ0v) is 22.1. The van der Waals surface area contributed by atoms with Crippen LogP contribution < -0.4 is 15.1 Å². The van der Waals surface area contributed by atoms with Gasteiger partial charge in [-0.25, -0.2) is 4.68 Å². The van der Waals surface area contributed by atoms with Gasteiger partial charge in [-0.2, -0.15) is 5.10 Å². The van der Waals surface area contributed by atoms with Gasteiger partial charge < -0.3 is 19.9 Å². The number of carbonyl (C=O) groups is 1. The molecule has 2 aromatic heterocycles. The number of aromatic amines is 1. The Kier molecular flexibility index (Phi) is 5.87. The number of anilines is 3. The van der Waals surface area contributed by atoms with Crippen LogP contribution in [0, 0.1) is 0 Å². The summed E-state index contributed by atoms with van der Waals surface area (Å²) in [5.41, 5.74) is 6.01. The van der Waals surface area contributed by atoms with E-state index in [-0.39, 0.29) is 24.2 Å². The van der Waals surface area contributed by atoms with Gasteiger partial charge in [0, 0.05) is 48.2 Å². The second-order valence-electron chi connectivity index (χ2n) is 10.2. The lowest BCUT2D eigenvalue weighted by Crippen LogP contribution is -2.45. The van der Waals surface area contributed by atoms with Crippen LogP contribution in [0.15, 0.2) is 53.7 Å². The topological polar surface area (TPSA) is 117 Å². The zero-order chi connectivity index (χ0) is 26.6. The Balaban J connectivity index is 1.29. The molecule has 0 aliphatic carbocycles. The highest BCUT2D eigenvalue weighted by Gasteiger charge is 2.32. The quantitative estimate of drug-likeness (QED) is 0.424. The molecular formula is C27H31N9O2. The number of allylic oxidation sites excluding steroid dienone is 1. The first-order valence-corrected chi connectivity index (χ1v) is 12.8. The number of nitrogens with one attached hydrogen (secondary N) is 2. The van der Waals surface area contributed by atoms with Crippen molar-refractivity contribution in [1.82, 2.24) is 30.4 Å². The molecule has 1 unspecified atom stereocenters. The van der Waals surface area contributed by atoms with E-state index in [1.165, 1.54) is 0 Å². The number of hydrogen-bond acceptors (Lipinski definition) is 8. The highest BCUT2D eigenvalue weighted by Crippen LogP contribution is 2.34. The van der Waals surface area contributed by atoms with Gasteiger partial charge in [-0.1, -0.05) is 17.2 Å². The normalized spacial score (nSPS) is 21.7. The maximum atomic E-state index is 13.5. The van der Waals surface area contributed by atoms with Gasteiger partial charge in [-0.05, 0) is 68.5 Å². The van der Waals surface area contributed by atoms with E-state index in [4.69, 9.17) is 4.74 Å². The van der Waals surface area contributed by atoms with E-state index in [1.807, 2.05) is 44.0 Å². The molecule has 0 bridgehead atoms. The Morgan fingerprint density at radius 1 is 1.11 bits per heavy atom. The fraction of sp³-hybridized carbons (Fsp3) is 0.370. The monoisotopic (exact) mass is 513 g/mol. The average Bonchev–Trinajstić information content (AvgIpc) is 3.55. The van der Waals surface area contributed by atoms with Crippen LogP contribution in [0.1, 0.15) is 33.7 Å². The molecule has 2 aliphatic heterocycles. The van der Waals surface area contributed by atoms with Crippen molar-refractivity contribution in [2.45, 2.75) is 45.9 Å². The molecule has 38 heavy (non-hydrogen) atoms. The van der Waals surface area contributed by atoms with Crippen LogP contribution >= 0.6 is 0 Å². The summed E-state index contributed by atoms with van der Waals surface area (Å²) >= 11 is 0. The largest absolute Gasteiger partial charge is 0.372 e. The Hall–Kier alpha value is -4.25. The number of rotatable bonds is 4. The first-order valence-electron chi connectivity index (χ1n) is 12.8. The third kappa shape index (κ3) is 4.08. The summed E-state index contributed by atoms with van der Waals surface area (Å²) in [5.74, 6) is 0.421. The molecule has 11 heteroatoms. The van der Waals surface area contributed by atoms with Crippen LogP contribution in [-0.2, 0) is 9.53 Å². The first kappa shape index (κ1) is 24.1. The molecule has 2 aliphatic rings. The number of benzene rings is 2. The predicted molar refractivity (Wildman–Crippen MR) is 146 cm³/mol. The Morgan fingerprint density at radius 3 is 2.68 bits per heavy atom. The van der Waals surface area contributed by atoms with Gasteiger partial charge in [0.15, 0.2) is 0 Å². The van der Waals surface area contributed by atoms with Crippen molar-refractivity contribution in [3.63, 3.8) is 0 Å². The van der Waals surface area contributed by atoms with Crippen LogP contribution in [0.25, 0.3) is 22.2 Å². The van der Waals surface area contributed by atoms with E-state index >= 15 is 0 Å². The molecule has 4 heterocycles. The van der Waals surface area contributed by atoms with Crippen molar-refractivity contribution >= 4 is 34.1 Å². The molecule has 1 saturated heterocycles. The molecule has 6 rings (SSSR count). The number of hydrogen-bond donors (Lipinski definition) is 2. The van der Waals surface area contributed by atoms with Gasteiger partial charge in [-0.3, -0.25) is 9.89 Å². The minimum atomic E-state index is -0.294. The number of morpholine rings is 1. The van der Waals surface area contributed by atoms with Gasteiger partial charge in [0.05, 0.1) is 29.3 Å². The van der Waals surface area contributed by atoms with E-state index in [9.17, 15) is 4.79 Å². The Labute approximate surface area is 220 Å². The van der Waals surface area contributed by atoms with Crippen LogP contribution in [0.3, 0.4) is 0 Å². The van der Waals surface area contributed by atoms with Crippen LogP contribution in [-0.4, -0.2) is 68.7 Å². The average molecular weight is 514 g/mol. The van der Waals surface area contributed by atoms with Crippen molar-refractivity contribution in [2.24, 2.45) is 0 Å². The number of tetrazole rings is 1. The smallest absolute Gasteiger partial charge is 0.255 e. The maximum absolute atomic E-state index is 13.5. The predicted octanol–water partition coefficient (Wildman–Crippen LogP) is 3.75. The standard InChI is InChI=1S/C27H31N9O2/c1-15-13-35(14-16(2)38-15)21-8-6-7-19(11-21)25-22-12-20(9-10-23(22)29-30-25)28-26(37)24-17(3)34(5)27-31-32-33-36(27)18(24)4/h6-12,15-16,18H,13-14H2,1-5H3,(H,28,37)(H,29,30)/t15-,16+,18?. The van der Waals surface area contributed by atoms with E-state index in [2.05, 4.69) is 74.1 Å². The SMILES string of the molecule is CC1=C(C(=O)Nc2ccc3[nH]nc(-c4cccc(N5C[C@@H](C)O[C@@H](C)C5)c4)c3c2)C(C)n2nnnc2N1C. The number of ether oxygens (including phenoxy) is 1. The van der Waals surface area contributed by atoms with E-state index < -0.39 is 0 Å². The van der Waals surface area contributed by atoms with Crippen LogP contribution in [0.4, 0.5) is 17.3 Å². The van der Waals surface area contributed by atoms with Crippen molar-refractivity contribution in [2.75, 3.05) is 35.3 Å². The molecule has 0 saturated carbocycles. The summed E-state index contributed by atoms with van der Waals surface area (Å²) < 4.78 is 7.56. The lowest BCUT2D eigenvalue weighted by Gasteiger charge is -2.37. The van der Waals surface area contributed by atoms with Crippen molar-refractivity contribution < 1.29 is 9.53 Å². The van der Waals surface area contributed by atoms with E-state index in [0.29, 0.717) is 17.2 Å². The summed E-state index contributed by atoms with van der Waals surface area (Å²) in [7, 11) is 1.85. The summed E-state index contributed by atoms with van der Waals surface area (Å²) in [6, 6.07) is 13.9. The number of nitrogens with zero attached hydrogens (tertiary/aromatic N) is 7. The second kappa shape index (κ2) is 9.25. The fourth-order valence-corrected chi connectivity index (χ4v) is 5.52. The zero-order valence-electron chi connectivity index (χ0n) is 22.1. The molecule has 2 N–H and O–H groups in total. The Bertz CT molecular complexity index is 1540. The summed E-state index contributed by atoms with van der Waals surface area (Å²) in [6.07, 6.45) is 0.357. The van der Waals surface area contributed by atoms with Crippen LogP contribution in [0.2, 0.25) is 0 Å². The highest BCUT2D eigenvalue weighted by atomic mass is 16.5. The lowest BCUT2D eigenvalue weighted by atomic mass is 10.0. The van der Waals surface area contributed by atoms with E-state index in [1.54, 1.807) is 4.68 Å². The number of carbonyl (C=O) groups excluding carboxylic acids is 1. The van der Waals surface area contributed by atoms with Gasteiger partial charge in [0.1, 0.15) is 5.69 Å². The molecule has 0 spiro atoms. The number of H-pyrrole nitrogens is 1. The molecular weight excluding hydrogens is 482 g/mol. The molecule has 0 radical (unpaired) electrons. The van der Waals surface area contributed by atoms with Crippen molar-refractivity contribution in [3.05, 3.63) is 53.7 Å². The lowest BCUT2D eigenvalue weighted by molar-refractivity contribution is -0.113. The molecule has 1 amide bonds. The maximum Gasteiger partial charge on any atom is 0.255 e. The van der Waals surface area contributed by atoms with Crippen molar-refractivity contribution in [3.8, 4) is 11.3 Å². The fourth-order valence-electron chi connectivity index (χ4n) is 5.52. The summed E-state index contributed by atoms with van der Waals surface area (Å²) in [5, 5.41) is 23.7. The second-order valence-corrected chi connectivity index (χ2v) is 10.2. The summed E-state index contributed by atoms with van der Waals surface area (Å²) in [6.45, 7) is 9.74. The van der Waals surface area contributed by atoms with E-state index in [0.717, 1.165) is 46.6 Å². The van der Waals surface area contributed by atoms with Gasteiger partial charge in [-0.15, -0.1) is 0 Å². The van der Waals surface area contributed by atoms with Gasteiger partial charge in [0.2, 0.25) is 5.95 Å². The highest BCUT2D eigenvalue weighted by molar-refractivity contribution is 6.07. The summed E-state index contributed by atoms with van der Waals surface area (Å²) in [4.78, 5) is 17.6. The third-order valence-corrected chi connectivity index (χ3v) is 7.42. The first-order chi connectivity index (χ1) is 18.3. The number of fused-ring (bicyclic) bond motifs is 2. The molecule has 3 atom stereocenters. The van der Waals surface area contributed by atoms with Gasteiger partial charge >= 0.3 is 0 Å². The molecule has 196 valence electrons. The minimum absolute atomic E-state index is 0.178. The van der Waals surface area contributed by atoms with Gasteiger partial charge in [0.25, 0.3) is 5.91 Å². The molecule has 11 nitrogen and oxygen atoms in total.